The van der Waals surface area contributed by atoms with E-state index in [1.165, 1.54) is 12.1 Å². The summed E-state index contributed by atoms with van der Waals surface area (Å²) in [6, 6.07) is 8.00. The van der Waals surface area contributed by atoms with Crippen molar-refractivity contribution in [3.63, 3.8) is 0 Å². The minimum Gasteiger partial charge on any atom is -0.462 e. The lowest BCUT2D eigenvalue weighted by atomic mass is 10.1. The lowest BCUT2D eigenvalue weighted by molar-refractivity contribution is -0.135. The first-order valence-corrected chi connectivity index (χ1v) is 8.89. The third-order valence-corrected chi connectivity index (χ3v) is 4.51. The maximum atomic E-state index is 12.4. The molecule has 0 saturated carbocycles. The van der Waals surface area contributed by atoms with Crippen molar-refractivity contribution in [2.75, 3.05) is 6.61 Å². The molecule has 0 spiro atoms. The van der Waals surface area contributed by atoms with E-state index in [4.69, 9.17) is 13.9 Å². The van der Waals surface area contributed by atoms with E-state index < -0.39 is 17.6 Å². The van der Waals surface area contributed by atoms with Crippen molar-refractivity contribution in [2.24, 2.45) is 0 Å². The highest BCUT2D eigenvalue weighted by Crippen LogP contribution is 2.23. The van der Waals surface area contributed by atoms with Crippen molar-refractivity contribution >= 4 is 22.9 Å². The fourth-order valence-electron chi connectivity index (χ4n) is 3.12. The molecule has 0 radical (unpaired) electrons. The Morgan fingerprint density at radius 3 is 2.57 bits per heavy atom. The van der Waals surface area contributed by atoms with E-state index in [0.29, 0.717) is 16.8 Å². The highest BCUT2D eigenvalue weighted by molar-refractivity contribution is 5.91. The van der Waals surface area contributed by atoms with Crippen LogP contribution in [0.1, 0.15) is 34.2 Å². The number of hydrogen-bond donors (Lipinski definition) is 0. The molecular weight excluding hydrogens is 362 g/mol. The molecule has 2 aromatic heterocycles. The highest BCUT2D eigenvalue weighted by atomic mass is 16.5. The first kappa shape index (κ1) is 19.4. The highest BCUT2D eigenvalue weighted by Gasteiger charge is 2.19. The van der Waals surface area contributed by atoms with Gasteiger partial charge in [-0.15, -0.1) is 0 Å². The van der Waals surface area contributed by atoms with Gasteiger partial charge in [-0.1, -0.05) is 0 Å². The Hall–Kier alpha value is -3.35. The number of nitrogens with zero attached hydrogens (tertiary/aromatic N) is 1. The van der Waals surface area contributed by atoms with E-state index in [1.54, 1.807) is 43.5 Å². The minimum atomic E-state index is -0.508. The Morgan fingerprint density at radius 1 is 1.11 bits per heavy atom. The molecule has 0 aliphatic heterocycles. The van der Waals surface area contributed by atoms with Crippen LogP contribution in [0, 0.1) is 20.8 Å². The number of aryl methyl sites for hydroxylation is 2. The number of carbonyl (C=O) groups is 2. The van der Waals surface area contributed by atoms with Gasteiger partial charge in [0, 0.05) is 28.9 Å². The van der Waals surface area contributed by atoms with Gasteiger partial charge >= 0.3 is 17.6 Å². The van der Waals surface area contributed by atoms with Crippen LogP contribution < -0.4 is 10.4 Å². The zero-order valence-corrected chi connectivity index (χ0v) is 16.2. The summed E-state index contributed by atoms with van der Waals surface area (Å²) in [5.74, 6) is -0.652. The van der Waals surface area contributed by atoms with Gasteiger partial charge in [0.2, 0.25) is 0 Å². The number of aromatic nitrogens is 1. The number of esters is 2. The van der Waals surface area contributed by atoms with E-state index in [0.717, 1.165) is 16.6 Å². The molecule has 0 saturated heterocycles. The van der Waals surface area contributed by atoms with Gasteiger partial charge < -0.3 is 18.5 Å². The molecule has 7 nitrogen and oxygen atoms in total. The summed E-state index contributed by atoms with van der Waals surface area (Å²) in [5.41, 5.74) is 2.49. The molecule has 0 aliphatic rings. The third kappa shape index (κ3) is 3.83. The van der Waals surface area contributed by atoms with E-state index in [9.17, 15) is 14.4 Å². The van der Waals surface area contributed by atoms with Crippen LogP contribution in [0.4, 0.5) is 0 Å². The Labute approximate surface area is 161 Å². The smallest absolute Gasteiger partial charge is 0.339 e. The van der Waals surface area contributed by atoms with Gasteiger partial charge in [-0.3, -0.25) is 0 Å². The predicted octanol–water partition coefficient (Wildman–Crippen LogP) is 3.30. The summed E-state index contributed by atoms with van der Waals surface area (Å²) in [7, 11) is 0. The van der Waals surface area contributed by atoms with Crippen LogP contribution in [0.2, 0.25) is 0 Å². The van der Waals surface area contributed by atoms with Crippen molar-refractivity contribution in [2.45, 2.75) is 34.2 Å². The summed E-state index contributed by atoms with van der Waals surface area (Å²) in [5, 5.41) is 0.774. The van der Waals surface area contributed by atoms with Gasteiger partial charge in [0.05, 0.1) is 12.2 Å². The molecule has 0 bridgehead atoms. The van der Waals surface area contributed by atoms with Crippen molar-refractivity contribution in [3.05, 3.63) is 63.3 Å². The molecule has 1 aromatic carbocycles. The van der Waals surface area contributed by atoms with Gasteiger partial charge in [-0.25, -0.2) is 14.4 Å². The molecule has 0 amide bonds. The fourth-order valence-corrected chi connectivity index (χ4v) is 3.12. The van der Waals surface area contributed by atoms with Crippen molar-refractivity contribution in [1.29, 1.82) is 0 Å². The summed E-state index contributed by atoms with van der Waals surface area (Å²) >= 11 is 0. The molecule has 2 heterocycles. The number of benzene rings is 1. The molecule has 0 atom stereocenters. The maximum absolute atomic E-state index is 12.4. The van der Waals surface area contributed by atoms with Crippen LogP contribution in [0.3, 0.4) is 0 Å². The third-order valence-electron chi connectivity index (χ3n) is 4.51. The fraction of sp³-hybridized carbons (Fsp3) is 0.286. The summed E-state index contributed by atoms with van der Waals surface area (Å²) < 4.78 is 17.3. The van der Waals surface area contributed by atoms with Gasteiger partial charge in [0.25, 0.3) is 0 Å². The molecule has 0 aliphatic carbocycles. The van der Waals surface area contributed by atoms with Gasteiger partial charge in [0.1, 0.15) is 17.9 Å². The predicted molar refractivity (Wildman–Crippen MR) is 103 cm³/mol. The molecule has 0 N–H and O–H groups in total. The topological polar surface area (TPSA) is 87.7 Å². The Kier molecular flexibility index (Phi) is 5.35. The molecule has 0 fully saturated rings. The number of hydrogen-bond acceptors (Lipinski definition) is 6. The molecule has 7 heteroatoms. The van der Waals surface area contributed by atoms with Crippen LogP contribution in [0.25, 0.3) is 11.0 Å². The number of carbonyl (C=O) groups excluding carboxylic acids is 2. The molecule has 3 aromatic rings. The average molecular weight is 383 g/mol. The monoisotopic (exact) mass is 383 g/mol. The lowest BCUT2D eigenvalue weighted by Gasteiger charge is -2.10. The van der Waals surface area contributed by atoms with Crippen LogP contribution in [0.5, 0.6) is 5.75 Å². The van der Waals surface area contributed by atoms with Crippen LogP contribution in [-0.2, 0) is 16.1 Å². The molecular formula is C21H21NO6. The Morgan fingerprint density at radius 2 is 1.86 bits per heavy atom. The van der Waals surface area contributed by atoms with Crippen LogP contribution in [-0.4, -0.2) is 23.1 Å². The van der Waals surface area contributed by atoms with Crippen molar-refractivity contribution in [3.8, 4) is 5.75 Å². The second-order valence-corrected chi connectivity index (χ2v) is 6.47. The number of ether oxygens (including phenoxy) is 2. The second kappa shape index (κ2) is 7.72. The SMILES string of the molecule is CCOC(=O)c1cc(C)n(CC(=O)Oc2ccc3c(C)cc(=O)oc3c2)c1C. The van der Waals surface area contributed by atoms with Crippen molar-refractivity contribution in [1.82, 2.24) is 4.57 Å². The van der Waals surface area contributed by atoms with Crippen LogP contribution in [0.15, 0.2) is 39.5 Å². The molecule has 0 unspecified atom stereocenters. The molecule has 146 valence electrons. The van der Waals surface area contributed by atoms with E-state index >= 15 is 0 Å². The summed E-state index contributed by atoms with van der Waals surface area (Å²) in [4.78, 5) is 36.0. The van der Waals surface area contributed by atoms with Crippen molar-refractivity contribution < 1.29 is 23.5 Å². The van der Waals surface area contributed by atoms with Crippen LogP contribution >= 0.6 is 0 Å². The zero-order chi connectivity index (χ0) is 20.4. The summed E-state index contributed by atoms with van der Waals surface area (Å²) in [6.07, 6.45) is 0. The quantitative estimate of drug-likeness (QED) is 0.382. The minimum absolute atomic E-state index is 0.0626. The molecule has 3 rings (SSSR count). The second-order valence-electron chi connectivity index (χ2n) is 6.47. The largest absolute Gasteiger partial charge is 0.462 e. The zero-order valence-electron chi connectivity index (χ0n) is 16.2. The normalized spacial score (nSPS) is 10.9. The van der Waals surface area contributed by atoms with Gasteiger partial charge in [0.15, 0.2) is 0 Å². The standard InChI is InChI=1S/C21H21NO6/c1-5-26-21(25)17-9-13(3)22(14(17)4)11-20(24)27-15-6-7-16-12(2)8-19(23)28-18(16)10-15/h6-10H,5,11H2,1-4H3. The number of fused-ring (bicyclic) bond motifs is 1. The molecule has 28 heavy (non-hydrogen) atoms. The number of rotatable bonds is 5. The van der Waals surface area contributed by atoms with Gasteiger partial charge in [-0.05, 0) is 51.5 Å². The Bertz CT molecular complexity index is 1120. The first-order chi connectivity index (χ1) is 13.3. The first-order valence-electron chi connectivity index (χ1n) is 8.89. The lowest BCUT2D eigenvalue weighted by Crippen LogP contribution is -2.18. The van der Waals surface area contributed by atoms with E-state index in [-0.39, 0.29) is 18.9 Å². The van der Waals surface area contributed by atoms with E-state index in [2.05, 4.69) is 0 Å². The maximum Gasteiger partial charge on any atom is 0.339 e. The van der Waals surface area contributed by atoms with Gasteiger partial charge in [-0.2, -0.15) is 0 Å². The summed E-state index contributed by atoms with van der Waals surface area (Å²) in [6.45, 7) is 7.32. The average Bonchev–Trinajstić information content (AvgIpc) is 2.89. The van der Waals surface area contributed by atoms with E-state index in [1.807, 2.05) is 6.92 Å². The Balaban J connectivity index is 1.80.